The molecule has 2 aliphatic rings. The van der Waals surface area contributed by atoms with Gasteiger partial charge in [0.1, 0.15) is 11.9 Å². The molecule has 3 heterocycles. The zero-order valence-corrected chi connectivity index (χ0v) is 13.9. The first-order valence-electron chi connectivity index (χ1n) is 8.30. The van der Waals surface area contributed by atoms with Crippen molar-refractivity contribution < 1.29 is 9.53 Å². The van der Waals surface area contributed by atoms with Crippen LogP contribution in [0.3, 0.4) is 0 Å². The van der Waals surface area contributed by atoms with Gasteiger partial charge in [-0.2, -0.15) is 4.98 Å². The van der Waals surface area contributed by atoms with Crippen molar-refractivity contribution in [2.24, 2.45) is 0 Å². The first-order chi connectivity index (χ1) is 11.1. The highest BCUT2D eigenvalue weighted by molar-refractivity contribution is 5.85. The van der Waals surface area contributed by atoms with Gasteiger partial charge < -0.3 is 19.9 Å². The van der Waals surface area contributed by atoms with Gasteiger partial charge in [-0.05, 0) is 31.7 Å². The fraction of sp³-hybridized carbons (Fsp3) is 0.688. The van der Waals surface area contributed by atoms with Gasteiger partial charge in [0.25, 0.3) is 0 Å². The Morgan fingerprint density at radius 2 is 2.26 bits per heavy atom. The van der Waals surface area contributed by atoms with Crippen LogP contribution in [-0.2, 0) is 9.53 Å². The van der Waals surface area contributed by atoms with Gasteiger partial charge in [-0.25, -0.2) is 4.98 Å². The molecular formula is C16H25N5O2. The van der Waals surface area contributed by atoms with E-state index in [1.807, 2.05) is 11.0 Å². The number of anilines is 2. The summed E-state index contributed by atoms with van der Waals surface area (Å²) in [5.41, 5.74) is 0. The van der Waals surface area contributed by atoms with Crippen molar-refractivity contribution in [1.82, 2.24) is 14.9 Å². The van der Waals surface area contributed by atoms with Crippen LogP contribution in [0.15, 0.2) is 12.3 Å². The summed E-state index contributed by atoms with van der Waals surface area (Å²) in [6, 6.07) is 2.01. The summed E-state index contributed by atoms with van der Waals surface area (Å²) in [6.07, 6.45) is 5.76. The van der Waals surface area contributed by atoms with Crippen LogP contribution >= 0.6 is 0 Å². The number of nitrogens with zero attached hydrogens (tertiary/aromatic N) is 4. The van der Waals surface area contributed by atoms with Gasteiger partial charge in [-0.15, -0.1) is 0 Å². The largest absolute Gasteiger partial charge is 0.379 e. The zero-order valence-electron chi connectivity index (χ0n) is 13.9. The number of amides is 1. The molecule has 0 saturated carbocycles. The molecule has 0 aliphatic carbocycles. The Kier molecular flexibility index (Phi) is 4.95. The lowest BCUT2D eigenvalue weighted by Gasteiger charge is -2.27. The van der Waals surface area contributed by atoms with E-state index in [-0.39, 0.29) is 11.9 Å². The van der Waals surface area contributed by atoms with Crippen molar-refractivity contribution in [3.63, 3.8) is 0 Å². The van der Waals surface area contributed by atoms with Crippen LogP contribution in [0.2, 0.25) is 0 Å². The second kappa shape index (κ2) is 7.12. The maximum Gasteiger partial charge on any atom is 0.244 e. The second-order valence-corrected chi connectivity index (χ2v) is 6.38. The Morgan fingerprint density at radius 1 is 1.39 bits per heavy atom. The van der Waals surface area contributed by atoms with Gasteiger partial charge in [0.05, 0.1) is 12.6 Å². The normalized spacial score (nSPS) is 24.5. The maximum absolute atomic E-state index is 12.3. The molecule has 2 atom stereocenters. The fourth-order valence-corrected chi connectivity index (χ4v) is 3.19. The third-order valence-corrected chi connectivity index (χ3v) is 4.39. The standard InChI is InChI=1S/C16H25N5O2/c1-20(2)15(22)13-6-3-9-21(13)16-17-8-7-14(19-16)18-12-5-4-10-23-11-12/h7-8,12-13H,3-6,9-11H2,1-2H3,(H,17,18,19)/t12-,13-/m0/s1. The van der Waals surface area contributed by atoms with Gasteiger partial charge in [-0.3, -0.25) is 4.79 Å². The van der Waals surface area contributed by atoms with Crippen LogP contribution in [0.4, 0.5) is 11.8 Å². The molecule has 2 saturated heterocycles. The summed E-state index contributed by atoms with van der Waals surface area (Å²) in [6.45, 7) is 2.38. The van der Waals surface area contributed by atoms with Gasteiger partial charge in [0.2, 0.25) is 11.9 Å². The molecule has 1 N–H and O–H groups in total. The number of nitrogens with one attached hydrogen (secondary N) is 1. The molecular weight excluding hydrogens is 294 g/mol. The Morgan fingerprint density at radius 3 is 3.00 bits per heavy atom. The molecule has 7 heteroatoms. The highest BCUT2D eigenvalue weighted by Gasteiger charge is 2.33. The first-order valence-corrected chi connectivity index (χ1v) is 8.30. The minimum atomic E-state index is -0.154. The highest BCUT2D eigenvalue weighted by Crippen LogP contribution is 2.24. The fourth-order valence-electron chi connectivity index (χ4n) is 3.19. The van der Waals surface area contributed by atoms with E-state index in [2.05, 4.69) is 15.3 Å². The van der Waals surface area contributed by atoms with Crippen LogP contribution < -0.4 is 10.2 Å². The Balaban J connectivity index is 1.72. The molecule has 1 amide bonds. The molecule has 0 unspecified atom stereocenters. The minimum Gasteiger partial charge on any atom is -0.379 e. The van der Waals surface area contributed by atoms with E-state index in [0.717, 1.165) is 44.7 Å². The van der Waals surface area contributed by atoms with Crippen molar-refractivity contribution in [3.8, 4) is 0 Å². The van der Waals surface area contributed by atoms with Crippen molar-refractivity contribution in [2.45, 2.75) is 37.8 Å². The van der Waals surface area contributed by atoms with E-state index in [9.17, 15) is 4.79 Å². The van der Waals surface area contributed by atoms with Crippen molar-refractivity contribution in [1.29, 1.82) is 0 Å². The van der Waals surface area contributed by atoms with Crippen molar-refractivity contribution in [2.75, 3.05) is 44.1 Å². The number of likely N-dealkylation sites (N-methyl/N-ethyl adjacent to an activating group) is 1. The van der Waals surface area contributed by atoms with Crippen molar-refractivity contribution >= 4 is 17.7 Å². The number of hydrogen-bond acceptors (Lipinski definition) is 6. The van der Waals surface area contributed by atoms with Gasteiger partial charge in [0, 0.05) is 33.4 Å². The van der Waals surface area contributed by atoms with Crippen LogP contribution in [0.5, 0.6) is 0 Å². The average Bonchev–Trinajstić information content (AvgIpc) is 3.05. The number of hydrogen-bond donors (Lipinski definition) is 1. The highest BCUT2D eigenvalue weighted by atomic mass is 16.5. The number of rotatable bonds is 4. The molecule has 1 aromatic heterocycles. The molecule has 0 radical (unpaired) electrons. The van der Waals surface area contributed by atoms with Crippen LogP contribution in [0.1, 0.15) is 25.7 Å². The van der Waals surface area contributed by atoms with E-state index in [0.29, 0.717) is 18.6 Å². The molecule has 23 heavy (non-hydrogen) atoms. The third-order valence-electron chi connectivity index (χ3n) is 4.39. The minimum absolute atomic E-state index is 0.116. The predicted octanol–water partition coefficient (Wildman–Crippen LogP) is 1.12. The molecule has 1 aromatic rings. The van der Waals surface area contributed by atoms with Crippen LogP contribution in [0.25, 0.3) is 0 Å². The molecule has 7 nitrogen and oxygen atoms in total. The Hall–Kier alpha value is -1.89. The molecule has 3 rings (SSSR count). The Bertz CT molecular complexity index is 545. The molecule has 0 spiro atoms. The lowest BCUT2D eigenvalue weighted by Crippen LogP contribution is -2.43. The van der Waals surface area contributed by atoms with Gasteiger partial charge >= 0.3 is 0 Å². The maximum atomic E-state index is 12.3. The van der Waals surface area contributed by atoms with Gasteiger partial charge in [0.15, 0.2) is 0 Å². The van der Waals surface area contributed by atoms with E-state index >= 15 is 0 Å². The summed E-state index contributed by atoms with van der Waals surface area (Å²) in [7, 11) is 3.58. The molecule has 2 aliphatic heterocycles. The molecule has 0 aromatic carbocycles. The number of carbonyl (C=O) groups is 1. The number of aromatic nitrogens is 2. The SMILES string of the molecule is CN(C)C(=O)[C@@H]1CCCN1c1nccc(N[C@H]2CCCOC2)n1. The summed E-state index contributed by atoms with van der Waals surface area (Å²) >= 11 is 0. The lowest BCUT2D eigenvalue weighted by molar-refractivity contribution is -0.129. The summed E-state index contributed by atoms with van der Waals surface area (Å²) in [5, 5.41) is 3.41. The van der Waals surface area contributed by atoms with E-state index in [1.54, 1.807) is 25.2 Å². The quantitative estimate of drug-likeness (QED) is 0.897. The Labute approximate surface area is 137 Å². The monoisotopic (exact) mass is 319 g/mol. The van der Waals surface area contributed by atoms with E-state index in [4.69, 9.17) is 4.74 Å². The van der Waals surface area contributed by atoms with Crippen LogP contribution in [0, 0.1) is 0 Å². The summed E-state index contributed by atoms with van der Waals surface area (Å²) in [4.78, 5) is 25.0. The summed E-state index contributed by atoms with van der Waals surface area (Å²) in [5.74, 6) is 1.54. The molecule has 0 bridgehead atoms. The molecule has 2 fully saturated rings. The lowest BCUT2D eigenvalue weighted by atomic mass is 10.1. The number of carbonyl (C=O) groups excluding carboxylic acids is 1. The van der Waals surface area contributed by atoms with E-state index in [1.165, 1.54) is 0 Å². The smallest absolute Gasteiger partial charge is 0.244 e. The summed E-state index contributed by atoms with van der Waals surface area (Å²) < 4.78 is 5.49. The molecule has 126 valence electrons. The van der Waals surface area contributed by atoms with Crippen molar-refractivity contribution in [3.05, 3.63) is 12.3 Å². The van der Waals surface area contributed by atoms with Gasteiger partial charge in [-0.1, -0.05) is 0 Å². The zero-order chi connectivity index (χ0) is 16.2. The average molecular weight is 319 g/mol. The van der Waals surface area contributed by atoms with Crippen LogP contribution in [-0.4, -0.2) is 66.7 Å². The first kappa shape index (κ1) is 16.0. The third kappa shape index (κ3) is 3.72. The second-order valence-electron chi connectivity index (χ2n) is 6.38. The number of ether oxygens (including phenoxy) is 1. The topological polar surface area (TPSA) is 70.6 Å². The predicted molar refractivity (Wildman–Crippen MR) is 88.6 cm³/mol. The van der Waals surface area contributed by atoms with E-state index < -0.39 is 0 Å².